The number of hydrogen-bond donors (Lipinski definition) is 2. The zero-order chi connectivity index (χ0) is 21.6. The summed E-state index contributed by atoms with van der Waals surface area (Å²) in [5.41, 5.74) is 3.82. The van der Waals surface area contributed by atoms with Crippen molar-refractivity contribution in [2.45, 2.75) is 18.8 Å². The molecule has 1 aromatic heterocycles. The van der Waals surface area contributed by atoms with Crippen molar-refractivity contribution in [1.82, 2.24) is 10.3 Å². The van der Waals surface area contributed by atoms with E-state index in [1.54, 1.807) is 25.3 Å². The van der Waals surface area contributed by atoms with E-state index in [1.807, 2.05) is 48.7 Å². The maximum absolute atomic E-state index is 13.8. The number of nitrogens with one attached hydrogen (secondary N) is 2. The fourth-order valence-electron chi connectivity index (χ4n) is 3.88. The Bertz CT molecular complexity index is 1170. The smallest absolute Gasteiger partial charge is 0.220 e. The number of hydrogen-bond acceptors (Lipinski definition) is 2. The minimum atomic E-state index is -0.273. The second-order valence-corrected chi connectivity index (χ2v) is 7.51. The Labute approximate surface area is 181 Å². The van der Waals surface area contributed by atoms with Crippen LogP contribution in [0.2, 0.25) is 0 Å². The van der Waals surface area contributed by atoms with Gasteiger partial charge < -0.3 is 15.0 Å². The molecule has 2 N–H and O–H groups in total. The van der Waals surface area contributed by atoms with Crippen LogP contribution in [0.5, 0.6) is 5.75 Å². The highest BCUT2D eigenvalue weighted by Gasteiger charge is 2.19. The Morgan fingerprint density at radius 1 is 1.03 bits per heavy atom. The predicted octanol–water partition coefficient (Wildman–Crippen LogP) is 5.20. The van der Waals surface area contributed by atoms with Crippen LogP contribution < -0.4 is 10.1 Å². The van der Waals surface area contributed by atoms with Gasteiger partial charge >= 0.3 is 0 Å². The van der Waals surface area contributed by atoms with Crippen molar-refractivity contribution < 1.29 is 13.9 Å². The molecular formula is C26H25FN2O2. The molecule has 0 spiro atoms. The molecule has 0 radical (unpaired) electrons. The molecule has 4 rings (SSSR count). The van der Waals surface area contributed by atoms with Crippen LogP contribution in [0, 0.1) is 5.82 Å². The molecule has 158 valence electrons. The maximum Gasteiger partial charge on any atom is 0.220 e. The average Bonchev–Trinajstić information content (AvgIpc) is 3.23. The van der Waals surface area contributed by atoms with E-state index >= 15 is 0 Å². The number of methoxy groups -OCH3 is 1. The monoisotopic (exact) mass is 416 g/mol. The van der Waals surface area contributed by atoms with E-state index < -0.39 is 0 Å². The van der Waals surface area contributed by atoms with Crippen LogP contribution in [-0.4, -0.2) is 24.5 Å². The number of amides is 1. The lowest BCUT2D eigenvalue weighted by Crippen LogP contribution is -2.29. The molecule has 31 heavy (non-hydrogen) atoms. The molecule has 4 aromatic rings. The van der Waals surface area contributed by atoms with Crippen LogP contribution in [0.3, 0.4) is 0 Å². The molecular weight excluding hydrogens is 391 g/mol. The first-order valence-corrected chi connectivity index (χ1v) is 10.4. The van der Waals surface area contributed by atoms with Gasteiger partial charge in [0, 0.05) is 36.0 Å². The molecule has 1 unspecified atom stereocenters. The summed E-state index contributed by atoms with van der Waals surface area (Å²) >= 11 is 0. The third-order valence-corrected chi connectivity index (χ3v) is 5.60. The number of rotatable bonds is 8. The van der Waals surface area contributed by atoms with E-state index in [4.69, 9.17) is 4.74 Å². The third kappa shape index (κ3) is 4.77. The minimum absolute atomic E-state index is 0.0283. The van der Waals surface area contributed by atoms with Crippen molar-refractivity contribution in [1.29, 1.82) is 0 Å². The number of halogens is 1. The molecule has 0 fully saturated rings. The highest BCUT2D eigenvalue weighted by atomic mass is 19.1. The summed E-state index contributed by atoms with van der Waals surface area (Å²) in [6, 6.07) is 22.6. The van der Waals surface area contributed by atoms with Gasteiger partial charge in [-0.05, 0) is 47.4 Å². The molecule has 0 aliphatic rings. The molecule has 1 heterocycles. The first kappa shape index (κ1) is 20.7. The number of aromatic nitrogens is 1. The van der Waals surface area contributed by atoms with Gasteiger partial charge in [-0.3, -0.25) is 4.79 Å². The maximum atomic E-state index is 13.8. The highest BCUT2D eigenvalue weighted by molar-refractivity contribution is 5.84. The average molecular weight is 416 g/mol. The van der Waals surface area contributed by atoms with E-state index in [9.17, 15) is 9.18 Å². The fraction of sp³-hybridized carbons (Fsp3) is 0.192. The number of aryl methyl sites for hydroxylation is 1. The summed E-state index contributed by atoms with van der Waals surface area (Å²) in [5, 5.41) is 4.17. The Morgan fingerprint density at radius 3 is 2.55 bits per heavy atom. The van der Waals surface area contributed by atoms with Crippen molar-refractivity contribution in [3.05, 3.63) is 102 Å². The predicted molar refractivity (Wildman–Crippen MR) is 121 cm³/mol. The van der Waals surface area contributed by atoms with Crippen LogP contribution in [0.15, 0.2) is 79.0 Å². The molecule has 0 aliphatic carbocycles. The van der Waals surface area contributed by atoms with Crippen LogP contribution in [-0.2, 0) is 11.2 Å². The molecule has 0 saturated carbocycles. The number of fused-ring (bicyclic) bond motifs is 1. The van der Waals surface area contributed by atoms with E-state index in [2.05, 4.69) is 16.4 Å². The molecule has 4 nitrogen and oxygen atoms in total. The number of ether oxygens (including phenoxy) is 1. The second kappa shape index (κ2) is 9.47. The minimum Gasteiger partial charge on any atom is -0.497 e. The van der Waals surface area contributed by atoms with Gasteiger partial charge in [0.1, 0.15) is 11.6 Å². The van der Waals surface area contributed by atoms with Gasteiger partial charge in [0.15, 0.2) is 0 Å². The van der Waals surface area contributed by atoms with Crippen molar-refractivity contribution in [2.24, 2.45) is 0 Å². The number of H-pyrrole nitrogens is 1. The molecule has 0 saturated heterocycles. The Hall–Kier alpha value is -3.60. The fourth-order valence-corrected chi connectivity index (χ4v) is 3.88. The van der Waals surface area contributed by atoms with Gasteiger partial charge in [0.25, 0.3) is 0 Å². The summed E-state index contributed by atoms with van der Waals surface area (Å²) in [5.74, 6) is 0.390. The zero-order valence-corrected chi connectivity index (χ0v) is 17.4. The number of carbonyl (C=O) groups excluding carboxylic acids is 1. The SMILES string of the molecule is COc1ccc(C(CNC(=O)CCc2ccccc2F)c2c[nH]c3ccccc23)cc1. The molecule has 0 aliphatic heterocycles. The van der Waals surface area contributed by atoms with Gasteiger partial charge in [0.05, 0.1) is 7.11 Å². The van der Waals surface area contributed by atoms with Crippen molar-refractivity contribution in [3.63, 3.8) is 0 Å². The molecule has 0 bridgehead atoms. The largest absolute Gasteiger partial charge is 0.497 e. The number of benzene rings is 3. The standard InChI is InChI=1S/C26H25FN2O2/c1-31-20-13-10-18(11-14-20)22(23-17-28-25-9-5-3-7-21(23)25)16-29-26(30)15-12-19-6-2-4-8-24(19)27/h2-11,13-14,17,22,28H,12,15-16H2,1H3,(H,29,30). The molecule has 5 heteroatoms. The summed E-state index contributed by atoms with van der Waals surface area (Å²) < 4.78 is 19.1. The first-order valence-electron chi connectivity index (χ1n) is 10.4. The molecule has 1 atom stereocenters. The Balaban J connectivity index is 1.52. The van der Waals surface area contributed by atoms with Gasteiger partial charge in [-0.1, -0.05) is 48.5 Å². The van der Waals surface area contributed by atoms with Crippen LogP contribution in [0.4, 0.5) is 4.39 Å². The molecule has 3 aromatic carbocycles. The second-order valence-electron chi connectivity index (χ2n) is 7.51. The lowest BCUT2D eigenvalue weighted by molar-refractivity contribution is -0.121. The quantitative estimate of drug-likeness (QED) is 0.415. The third-order valence-electron chi connectivity index (χ3n) is 5.60. The summed E-state index contributed by atoms with van der Waals surface area (Å²) in [6.45, 7) is 0.449. The summed E-state index contributed by atoms with van der Waals surface area (Å²) in [4.78, 5) is 15.9. The van der Waals surface area contributed by atoms with E-state index in [1.165, 1.54) is 6.07 Å². The van der Waals surface area contributed by atoms with Gasteiger partial charge in [-0.15, -0.1) is 0 Å². The normalized spacial score (nSPS) is 11.9. The summed E-state index contributed by atoms with van der Waals surface area (Å²) in [7, 11) is 1.64. The number of para-hydroxylation sites is 1. The first-order chi connectivity index (χ1) is 15.2. The van der Waals surface area contributed by atoms with Crippen LogP contribution in [0.25, 0.3) is 10.9 Å². The van der Waals surface area contributed by atoms with E-state index in [0.29, 0.717) is 18.5 Å². The Kier molecular flexibility index (Phi) is 6.32. The number of carbonyl (C=O) groups is 1. The van der Waals surface area contributed by atoms with Gasteiger partial charge in [-0.25, -0.2) is 4.39 Å². The lowest BCUT2D eigenvalue weighted by atomic mass is 9.90. The van der Waals surface area contributed by atoms with Crippen LogP contribution >= 0.6 is 0 Å². The van der Waals surface area contributed by atoms with Gasteiger partial charge in [0.2, 0.25) is 5.91 Å². The topological polar surface area (TPSA) is 54.1 Å². The molecule has 1 amide bonds. The Morgan fingerprint density at radius 2 is 1.77 bits per heavy atom. The zero-order valence-electron chi connectivity index (χ0n) is 17.4. The highest BCUT2D eigenvalue weighted by Crippen LogP contribution is 2.31. The van der Waals surface area contributed by atoms with Crippen molar-refractivity contribution in [2.75, 3.05) is 13.7 Å². The van der Waals surface area contributed by atoms with Crippen molar-refractivity contribution in [3.8, 4) is 5.75 Å². The van der Waals surface area contributed by atoms with Crippen LogP contribution in [0.1, 0.15) is 29.0 Å². The lowest BCUT2D eigenvalue weighted by Gasteiger charge is -2.19. The summed E-state index contributed by atoms with van der Waals surface area (Å²) in [6.07, 6.45) is 2.62. The van der Waals surface area contributed by atoms with E-state index in [-0.39, 0.29) is 24.1 Å². The van der Waals surface area contributed by atoms with E-state index in [0.717, 1.165) is 27.8 Å². The van der Waals surface area contributed by atoms with Gasteiger partial charge in [-0.2, -0.15) is 0 Å². The number of aromatic amines is 1. The van der Waals surface area contributed by atoms with Crippen molar-refractivity contribution >= 4 is 16.8 Å².